The summed E-state index contributed by atoms with van der Waals surface area (Å²) in [7, 11) is 0. The van der Waals surface area contributed by atoms with Crippen LogP contribution in [0, 0.1) is 6.92 Å². The van der Waals surface area contributed by atoms with E-state index < -0.39 is 0 Å². The highest BCUT2D eigenvalue weighted by Crippen LogP contribution is 2.14. The highest BCUT2D eigenvalue weighted by Gasteiger charge is 2.10. The number of aliphatic imine (C=N–C) groups is 1. The van der Waals surface area contributed by atoms with Crippen molar-refractivity contribution in [2.24, 2.45) is 4.99 Å². The van der Waals surface area contributed by atoms with Gasteiger partial charge < -0.3 is 15.4 Å². The molecule has 1 aliphatic rings. The van der Waals surface area contributed by atoms with Crippen molar-refractivity contribution < 1.29 is 4.74 Å². The van der Waals surface area contributed by atoms with Crippen LogP contribution in [0.1, 0.15) is 27.8 Å². The molecule has 0 atom stereocenters. The molecule has 2 N–H and O–H groups in total. The first-order valence-electron chi connectivity index (χ1n) is 9.68. The average molecular weight is 514 g/mol. The van der Waals surface area contributed by atoms with Crippen molar-refractivity contribution in [3.05, 3.63) is 57.3 Å². The molecule has 0 unspecified atom stereocenters. The SMILES string of the molecule is CCNC(=NCc1cccc(CN2CCOCC2)c1)NCc1ccc(C)s1.I. The summed E-state index contributed by atoms with van der Waals surface area (Å²) in [4.78, 5) is 9.87. The number of ether oxygens (including phenoxy) is 1. The number of hydrogen-bond acceptors (Lipinski definition) is 4. The second-order valence-corrected chi connectivity index (χ2v) is 8.14. The summed E-state index contributed by atoms with van der Waals surface area (Å²) in [6.07, 6.45) is 0. The predicted octanol–water partition coefficient (Wildman–Crippen LogP) is 3.76. The summed E-state index contributed by atoms with van der Waals surface area (Å²) in [6.45, 7) is 11.3. The quantitative estimate of drug-likeness (QED) is 0.336. The number of nitrogens with zero attached hydrogens (tertiary/aromatic N) is 2. The van der Waals surface area contributed by atoms with Crippen molar-refractivity contribution in [1.29, 1.82) is 0 Å². The van der Waals surface area contributed by atoms with Crippen LogP contribution in [-0.2, 0) is 24.4 Å². The molecule has 2 heterocycles. The van der Waals surface area contributed by atoms with Crippen LogP contribution in [0.4, 0.5) is 0 Å². The molecule has 1 saturated heterocycles. The molecular formula is C21H31IN4OS. The third-order valence-electron chi connectivity index (χ3n) is 4.49. The third-order valence-corrected chi connectivity index (χ3v) is 5.49. The van der Waals surface area contributed by atoms with Crippen molar-refractivity contribution in [2.75, 3.05) is 32.8 Å². The number of morpholine rings is 1. The molecule has 154 valence electrons. The summed E-state index contributed by atoms with van der Waals surface area (Å²) in [5, 5.41) is 6.76. The van der Waals surface area contributed by atoms with Crippen LogP contribution in [0.15, 0.2) is 41.4 Å². The molecule has 1 aromatic heterocycles. The maximum Gasteiger partial charge on any atom is 0.191 e. The Bertz CT molecular complexity index is 744. The molecule has 0 aliphatic carbocycles. The lowest BCUT2D eigenvalue weighted by Crippen LogP contribution is -2.36. The normalized spacial score (nSPS) is 15.1. The van der Waals surface area contributed by atoms with E-state index >= 15 is 0 Å². The summed E-state index contributed by atoms with van der Waals surface area (Å²) in [5.74, 6) is 0.863. The number of benzene rings is 1. The maximum absolute atomic E-state index is 5.43. The van der Waals surface area contributed by atoms with Crippen LogP contribution < -0.4 is 10.6 Å². The first-order chi connectivity index (χ1) is 13.2. The molecule has 28 heavy (non-hydrogen) atoms. The Labute approximate surface area is 189 Å². The molecule has 1 aliphatic heterocycles. The number of nitrogens with one attached hydrogen (secondary N) is 2. The molecule has 1 fully saturated rings. The van der Waals surface area contributed by atoms with Crippen molar-refractivity contribution in [2.45, 2.75) is 33.5 Å². The van der Waals surface area contributed by atoms with Gasteiger partial charge in [-0.05, 0) is 37.1 Å². The van der Waals surface area contributed by atoms with E-state index in [9.17, 15) is 0 Å². The van der Waals surface area contributed by atoms with Gasteiger partial charge in [0.05, 0.1) is 26.3 Å². The van der Waals surface area contributed by atoms with Crippen LogP contribution in [-0.4, -0.2) is 43.7 Å². The van der Waals surface area contributed by atoms with Gasteiger partial charge in [-0.1, -0.05) is 24.3 Å². The molecule has 7 heteroatoms. The van der Waals surface area contributed by atoms with Gasteiger partial charge in [-0.2, -0.15) is 0 Å². The standard InChI is InChI=1S/C21H30N4OS.HI/c1-3-22-21(24-15-20-8-7-17(2)27-20)23-14-18-5-4-6-19(13-18)16-25-9-11-26-12-10-25;/h4-8,13H,3,9-12,14-16H2,1-2H3,(H2,22,23,24);1H. The van der Waals surface area contributed by atoms with E-state index in [1.807, 2.05) is 11.3 Å². The van der Waals surface area contributed by atoms with Gasteiger partial charge in [0.25, 0.3) is 0 Å². The first kappa shape index (κ1) is 23.1. The van der Waals surface area contributed by atoms with Crippen LogP contribution >= 0.6 is 35.3 Å². The van der Waals surface area contributed by atoms with Crippen molar-refractivity contribution in [1.82, 2.24) is 15.5 Å². The minimum atomic E-state index is 0. The molecule has 3 rings (SSSR count). The minimum Gasteiger partial charge on any atom is -0.379 e. The Morgan fingerprint density at radius 1 is 1.14 bits per heavy atom. The van der Waals surface area contributed by atoms with Crippen LogP contribution in [0.2, 0.25) is 0 Å². The second kappa shape index (κ2) is 12.4. The molecule has 0 spiro atoms. The number of halogens is 1. The van der Waals surface area contributed by atoms with Crippen LogP contribution in [0.25, 0.3) is 0 Å². The third kappa shape index (κ3) is 7.69. The molecule has 0 saturated carbocycles. The Kier molecular flexibility index (Phi) is 10.3. The lowest BCUT2D eigenvalue weighted by Gasteiger charge is -2.26. The lowest BCUT2D eigenvalue weighted by molar-refractivity contribution is 0.0342. The van der Waals surface area contributed by atoms with Crippen molar-refractivity contribution in [3.63, 3.8) is 0 Å². The Morgan fingerprint density at radius 3 is 2.64 bits per heavy atom. The smallest absolute Gasteiger partial charge is 0.191 e. The number of rotatable bonds is 7. The van der Waals surface area contributed by atoms with E-state index in [4.69, 9.17) is 9.73 Å². The molecule has 0 amide bonds. The fourth-order valence-corrected chi connectivity index (χ4v) is 3.94. The van der Waals surface area contributed by atoms with E-state index in [1.165, 1.54) is 20.9 Å². The van der Waals surface area contributed by atoms with Crippen LogP contribution in [0.3, 0.4) is 0 Å². The summed E-state index contributed by atoms with van der Waals surface area (Å²) < 4.78 is 5.43. The fraction of sp³-hybridized carbons (Fsp3) is 0.476. The summed E-state index contributed by atoms with van der Waals surface area (Å²) in [5.41, 5.74) is 2.58. The van der Waals surface area contributed by atoms with Gasteiger partial charge in [0.1, 0.15) is 0 Å². The van der Waals surface area contributed by atoms with Gasteiger partial charge in [-0.25, -0.2) is 4.99 Å². The van der Waals surface area contributed by atoms with E-state index in [-0.39, 0.29) is 24.0 Å². The van der Waals surface area contributed by atoms with Crippen LogP contribution in [0.5, 0.6) is 0 Å². The zero-order valence-corrected chi connectivity index (χ0v) is 19.9. The monoisotopic (exact) mass is 514 g/mol. The average Bonchev–Trinajstić information content (AvgIpc) is 3.10. The number of thiophene rings is 1. The van der Waals surface area contributed by atoms with Gasteiger partial charge in [-0.3, -0.25) is 4.90 Å². The molecule has 0 radical (unpaired) electrons. The largest absolute Gasteiger partial charge is 0.379 e. The van der Waals surface area contributed by atoms with Crippen molar-refractivity contribution >= 4 is 41.3 Å². The summed E-state index contributed by atoms with van der Waals surface area (Å²) >= 11 is 1.82. The molecule has 5 nitrogen and oxygen atoms in total. The zero-order chi connectivity index (χ0) is 18.9. The maximum atomic E-state index is 5.43. The molecule has 0 bridgehead atoms. The van der Waals surface area contributed by atoms with Gasteiger partial charge in [0.15, 0.2) is 5.96 Å². The summed E-state index contributed by atoms with van der Waals surface area (Å²) in [6, 6.07) is 13.1. The second-order valence-electron chi connectivity index (χ2n) is 6.77. The molecule has 1 aromatic carbocycles. The highest BCUT2D eigenvalue weighted by molar-refractivity contribution is 14.0. The Morgan fingerprint density at radius 2 is 1.93 bits per heavy atom. The Hall–Kier alpha value is -1.16. The van der Waals surface area contributed by atoms with Gasteiger partial charge in [0.2, 0.25) is 0 Å². The van der Waals surface area contributed by atoms with E-state index in [2.05, 4.69) is 65.8 Å². The van der Waals surface area contributed by atoms with Gasteiger partial charge >= 0.3 is 0 Å². The number of aryl methyl sites for hydroxylation is 1. The van der Waals surface area contributed by atoms with Gasteiger partial charge in [0, 0.05) is 35.9 Å². The van der Waals surface area contributed by atoms with Crippen molar-refractivity contribution in [3.8, 4) is 0 Å². The van der Waals surface area contributed by atoms with E-state index in [0.717, 1.165) is 51.9 Å². The Balaban J connectivity index is 0.00000280. The topological polar surface area (TPSA) is 48.9 Å². The van der Waals surface area contributed by atoms with E-state index in [0.29, 0.717) is 6.54 Å². The lowest BCUT2D eigenvalue weighted by atomic mass is 10.1. The zero-order valence-electron chi connectivity index (χ0n) is 16.7. The number of guanidine groups is 1. The number of hydrogen-bond donors (Lipinski definition) is 2. The van der Waals surface area contributed by atoms with E-state index in [1.54, 1.807) is 0 Å². The van der Waals surface area contributed by atoms with Gasteiger partial charge in [-0.15, -0.1) is 35.3 Å². The predicted molar refractivity (Wildman–Crippen MR) is 129 cm³/mol. The minimum absolute atomic E-state index is 0. The molecule has 2 aromatic rings. The first-order valence-corrected chi connectivity index (χ1v) is 10.5. The highest BCUT2D eigenvalue weighted by atomic mass is 127. The molecular weight excluding hydrogens is 483 g/mol. The fourth-order valence-electron chi connectivity index (χ4n) is 3.11.